The Hall–Kier alpha value is -2.88. The van der Waals surface area contributed by atoms with E-state index in [0.717, 1.165) is 42.1 Å². The molecule has 2 aromatic rings. The van der Waals surface area contributed by atoms with Crippen LogP contribution in [0.1, 0.15) is 43.2 Å². The number of nitrogens with zero attached hydrogens (tertiary/aromatic N) is 3. The molecule has 7 heteroatoms. The first-order valence-electron chi connectivity index (χ1n) is 10.3. The highest BCUT2D eigenvalue weighted by Gasteiger charge is 2.46. The summed E-state index contributed by atoms with van der Waals surface area (Å²) in [4.78, 5) is 13.1. The molecule has 1 aromatic heterocycles. The van der Waals surface area contributed by atoms with Gasteiger partial charge >= 0.3 is 6.18 Å². The number of hydrogen-bond donors (Lipinski definition) is 0. The molecule has 4 bridgehead atoms. The molecule has 4 nitrogen and oxygen atoms in total. The van der Waals surface area contributed by atoms with Crippen LogP contribution in [-0.2, 0) is 6.18 Å². The molecule has 30 heavy (non-hydrogen) atoms. The lowest BCUT2D eigenvalue weighted by Gasteiger charge is -2.50. The van der Waals surface area contributed by atoms with Gasteiger partial charge in [0.15, 0.2) is 0 Å². The first-order chi connectivity index (χ1) is 14.3. The third-order valence-corrected chi connectivity index (χ3v) is 6.86. The molecule has 0 spiro atoms. The number of alkyl halides is 3. The molecule has 0 unspecified atom stereocenters. The molecule has 0 aliphatic heterocycles. The topological polar surface area (TPSA) is 58.1 Å². The fourth-order valence-electron chi connectivity index (χ4n) is 5.79. The van der Waals surface area contributed by atoms with Crippen molar-refractivity contribution in [2.75, 3.05) is 0 Å². The third-order valence-electron chi connectivity index (χ3n) is 6.86. The van der Waals surface area contributed by atoms with Gasteiger partial charge in [0.25, 0.3) is 5.56 Å². The van der Waals surface area contributed by atoms with Crippen LogP contribution >= 0.6 is 0 Å². The molecule has 4 fully saturated rings. The fourth-order valence-corrected chi connectivity index (χ4v) is 5.79. The van der Waals surface area contributed by atoms with E-state index in [2.05, 4.69) is 5.10 Å². The highest BCUT2D eigenvalue weighted by molar-refractivity contribution is 5.91. The van der Waals surface area contributed by atoms with E-state index >= 15 is 0 Å². The van der Waals surface area contributed by atoms with Gasteiger partial charge in [-0.3, -0.25) is 4.79 Å². The van der Waals surface area contributed by atoms with Crippen molar-refractivity contribution >= 4 is 5.71 Å². The largest absolute Gasteiger partial charge is 0.417 e. The zero-order chi connectivity index (χ0) is 21.0. The quantitative estimate of drug-likeness (QED) is 0.693. The third kappa shape index (κ3) is 3.06. The normalized spacial score (nSPS) is 27.2. The number of pyridine rings is 1. The van der Waals surface area contributed by atoms with Crippen molar-refractivity contribution in [1.29, 1.82) is 5.26 Å². The SMILES string of the molecule is N#Cc1c(C(F)(F)F)cc(-c2ccccc2)n(N=C2C3CC4CC(C3)CC2C4)c1=O. The van der Waals surface area contributed by atoms with Crippen LogP contribution in [0.4, 0.5) is 13.2 Å². The maximum atomic E-state index is 13.6. The second kappa shape index (κ2) is 6.83. The summed E-state index contributed by atoms with van der Waals surface area (Å²) in [6.07, 6.45) is 0.594. The van der Waals surface area contributed by atoms with Crippen LogP contribution in [0.5, 0.6) is 0 Å². The average Bonchev–Trinajstić information content (AvgIpc) is 2.70. The predicted molar refractivity (Wildman–Crippen MR) is 106 cm³/mol. The van der Waals surface area contributed by atoms with E-state index < -0.39 is 22.9 Å². The van der Waals surface area contributed by atoms with Gasteiger partial charge in [0.05, 0.1) is 11.3 Å². The Morgan fingerprint density at radius 2 is 1.60 bits per heavy atom. The van der Waals surface area contributed by atoms with E-state index in [4.69, 9.17) is 0 Å². The Bertz CT molecular complexity index is 1100. The molecule has 0 saturated heterocycles. The highest BCUT2D eigenvalue weighted by Crippen LogP contribution is 2.52. The van der Waals surface area contributed by atoms with Crippen LogP contribution < -0.4 is 5.56 Å². The Labute approximate surface area is 171 Å². The van der Waals surface area contributed by atoms with Gasteiger partial charge in [-0.1, -0.05) is 30.3 Å². The van der Waals surface area contributed by atoms with Crippen molar-refractivity contribution in [2.45, 2.75) is 38.3 Å². The minimum atomic E-state index is -4.80. The van der Waals surface area contributed by atoms with Gasteiger partial charge in [-0.25, -0.2) is 0 Å². The number of aromatic nitrogens is 1. The molecule has 0 amide bonds. The van der Waals surface area contributed by atoms with Crippen molar-refractivity contribution in [2.24, 2.45) is 28.8 Å². The minimum Gasteiger partial charge on any atom is -0.266 e. The zero-order valence-electron chi connectivity index (χ0n) is 16.2. The molecule has 4 aliphatic rings. The molecular weight excluding hydrogens is 391 g/mol. The van der Waals surface area contributed by atoms with Gasteiger partial charge < -0.3 is 0 Å². The maximum absolute atomic E-state index is 13.6. The van der Waals surface area contributed by atoms with Crippen molar-refractivity contribution in [3.63, 3.8) is 0 Å². The lowest BCUT2D eigenvalue weighted by molar-refractivity contribution is -0.137. The van der Waals surface area contributed by atoms with Gasteiger partial charge in [-0.2, -0.15) is 28.2 Å². The smallest absolute Gasteiger partial charge is 0.266 e. The van der Waals surface area contributed by atoms with Gasteiger partial charge in [0, 0.05) is 11.3 Å². The molecule has 0 atom stereocenters. The summed E-state index contributed by atoms with van der Waals surface area (Å²) in [5.41, 5.74) is -1.69. The standard InChI is InChI=1S/C23H20F3N3O/c24-23(25,26)19-11-20(15-4-2-1-3-5-15)29(22(30)18(19)12-27)28-21-16-7-13-6-14(9-16)10-17(21)8-13/h1-5,11,13-14,16-17H,6-10H2. The molecule has 6 rings (SSSR count). The molecule has 4 aliphatic carbocycles. The lowest BCUT2D eigenvalue weighted by atomic mass is 9.55. The summed E-state index contributed by atoms with van der Waals surface area (Å²) in [5, 5.41) is 14.0. The Balaban J connectivity index is 1.74. The van der Waals surface area contributed by atoms with E-state index in [1.165, 1.54) is 12.5 Å². The first kappa shape index (κ1) is 19.1. The van der Waals surface area contributed by atoms with Gasteiger partial charge in [-0.05, 0) is 61.8 Å². The molecule has 0 radical (unpaired) electrons. The van der Waals surface area contributed by atoms with Crippen LogP contribution in [0.3, 0.4) is 0 Å². The summed E-state index contributed by atoms with van der Waals surface area (Å²) in [5.74, 6) is 1.95. The average molecular weight is 411 g/mol. The van der Waals surface area contributed by atoms with Crippen molar-refractivity contribution in [3.05, 3.63) is 57.9 Å². The summed E-state index contributed by atoms with van der Waals surface area (Å²) in [7, 11) is 0. The van der Waals surface area contributed by atoms with E-state index in [9.17, 15) is 23.2 Å². The number of halogens is 3. The minimum absolute atomic E-state index is 0.0632. The molecule has 1 heterocycles. The van der Waals surface area contributed by atoms with Crippen molar-refractivity contribution in [1.82, 2.24) is 4.68 Å². The molecule has 154 valence electrons. The van der Waals surface area contributed by atoms with Crippen LogP contribution in [-0.4, -0.2) is 10.4 Å². The van der Waals surface area contributed by atoms with Gasteiger partial charge in [0.2, 0.25) is 0 Å². The Morgan fingerprint density at radius 3 is 2.13 bits per heavy atom. The second-order valence-electron chi connectivity index (χ2n) is 8.74. The van der Waals surface area contributed by atoms with E-state index in [-0.39, 0.29) is 17.5 Å². The van der Waals surface area contributed by atoms with E-state index in [0.29, 0.717) is 17.4 Å². The fraction of sp³-hybridized carbons (Fsp3) is 0.435. The second-order valence-corrected chi connectivity index (χ2v) is 8.74. The van der Waals surface area contributed by atoms with Crippen LogP contribution in [0.25, 0.3) is 11.3 Å². The molecule has 0 N–H and O–H groups in total. The summed E-state index contributed by atoms with van der Waals surface area (Å²) in [6, 6.07) is 10.8. The number of nitriles is 1. The highest BCUT2D eigenvalue weighted by atomic mass is 19.4. The van der Waals surface area contributed by atoms with Crippen LogP contribution in [0.2, 0.25) is 0 Å². The zero-order valence-corrected chi connectivity index (χ0v) is 16.2. The summed E-state index contributed by atoms with van der Waals surface area (Å²) < 4.78 is 41.8. The van der Waals surface area contributed by atoms with Crippen LogP contribution in [0, 0.1) is 35.0 Å². The molecule has 4 saturated carbocycles. The number of rotatable bonds is 2. The number of benzene rings is 1. The molecular formula is C23H20F3N3O. The van der Waals surface area contributed by atoms with Crippen molar-refractivity contribution < 1.29 is 13.2 Å². The maximum Gasteiger partial charge on any atom is 0.417 e. The monoisotopic (exact) mass is 411 g/mol. The van der Waals surface area contributed by atoms with E-state index in [1.807, 2.05) is 0 Å². The van der Waals surface area contributed by atoms with Gasteiger partial charge in [-0.15, -0.1) is 0 Å². The Kier molecular flexibility index (Phi) is 4.35. The number of hydrogen-bond acceptors (Lipinski definition) is 3. The van der Waals surface area contributed by atoms with E-state index in [1.54, 1.807) is 30.3 Å². The van der Waals surface area contributed by atoms with Crippen LogP contribution in [0.15, 0.2) is 46.3 Å². The molecule has 1 aromatic carbocycles. The lowest BCUT2D eigenvalue weighted by Crippen LogP contribution is -2.46. The Morgan fingerprint density at radius 1 is 1.00 bits per heavy atom. The first-order valence-corrected chi connectivity index (χ1v) is 10.3. The summed E-state index contributed by atoms with van der Waals surface area (Å²) in [6.45, 7) is 0. The van der Waals surface area contributed by atoms with Crippen molar-refractivity contribution in [3.8, 4) is 17.3 Å². The predicted octanol–water partition coefficient (Wildman–Crippen LogP) is 5.07. The van der Waals surface area contributed by atoms with Gasteiger partial charge in [0.1, 0.15) is 11.6 Å². The summed E-state index contributed by atoms with van der Waals surface area (Å²) >= 11 is 0.